The monoisotopic (exact) mass is 411 g/mol. The lowest BCUT2D eigenvalue weighted by molar-refractivity contribution is -0.135. The van der Waals surface area contributed by atoms with Gasteiger partial charge in [0.05, 0.1) is 6.61 Å². The van der Waals surface area contributed by atoms with Crippen LogP contribution in [0.2, 0.25) is 0 Å². The number of para-hydroxylation sites is 1. The standard InChI is InChI=1S/C23H33N5O2/c1-3-27(19-12-5-4-6-13-19)15-9-14-24-22(29)23(2)17-30-16-20-25-26-21(28(20)23)18-10-7-8-11-18/h4-6,12-13,18H,3,7-11,14-17H2,1-2H3,(H,24,29). The summed E-state index contributed by atoms with van der Waals surface area (Å²) in [7, 11) is 0. The molecule has 162 valence electrons. The molecule has 1 N–H and O–H groups in total. The van der Waals surface area contributed by atoms with Crippen LogP contribution in [0.3, 0.4) is 0 Å². The Labute approximate surface area is 178 Å². The SMILES string of the molecule is CCN(CCCNC(=O)C1(C)COCc2nnc(C3CCCC3)n21)c1ccccc1. The molecule has 7 heteroatoms. The minimum Gasteiger partial charge on any atom is -0.372 e. The Kier molecular flexibility index (Phi) is 6.37. The Hall–Kier alpha value is -2.41. The van der Waals surface area contributed by atoms with Gasteiger partial charge in [-0.15, -0.1) is 10.2 Å². The zero-order chi connectivity index (χ0) is 21.0. The first kappa shape index (κ1) is 20.8. The van der Waals surface area contributed by atoms with Crippen LogP contribution in [-0.2, 0) is 21.7 Å². The largest absolute Gasteiger partial charge is 0.372 e. The topological polar surface area (TPSA) is 72.3 Å². The highest BCUT2D eigenvalue weighted by molar-refractivity contribution is 5.84. The maximum absolute atomic E-state index is 13.3. The van der Waals surface area contributed by atoms with E-state index in [1.54, 1.807) is 0 Å². The van der Waals surface area contributed by atoms with Gasteiger partial charge in [0.15, 0.2) is 5.82 Å². The molecule has 1 aromatic heterocycles. The number of benzene rings is 1. The second-order valence-corrected chi connectivity index (χ2v) is 8.58. The van der Waals surface area contributed by atoms with Gasteiger partial charge in [-0.25, -0.2) is 0 Å². The van der Waals surface area contributed by atoms with E-state index in [0.29, 0.717) is 25.7 Å². The van der Waals surface area contributed by atoms with Crippen LogP contribution in [0.1, 0.15) is 63.5 Å². The summed E-state index contributed by atoms with van der Waals surface area (Å²) in [5, 5.41) is 12.0. The molecule has 1 atom stereocenters. The van der Waals surface area contributed by atoms with Crippen molar-refractivity contribution in [1.82, 2.24) is 20.1 Å². The predicted molar refractivity (Wildman–Crippen MR) is 116 cm³/mol. The van der Waals surface area contributed by atoms with E-state index >= 15 is 0 Å². The number of amides is 1. The third-order valence-corrected chi connectivity index (χ3v) is 6.47. The van der Waals surface area contributed by atoms with E-state index in [4.69, 9.17) is 4.74 Å². The van der Waals surface area contributed by atoms with E-state index in [9.17, 15) is 4.79 Å². The molecule has 1 saturated carbocycles. The number of carbonyl (C=O) groups is 1. The minimum absolute atomic E-state index is 0.00902. The lowest BCUT2D eigenvalue weighted by atomic mass is 9.97. The van der Waals surface area contributed by atoms with E-state index in [1.807, 2.05) is 13.0 Å². The van der Waals surface area contributed by atoms with Crippen LogP contribution in [0.25, 0.3) is 0 Å². The van der Waals surface area contributed by atoms with Crippen LogP contribution in [-0.4, -0.2) is 46.9 Å². The van der Waals surface area contributed by atoms with Gasteiger partial charge in [0, 0.05) is 31.2 Å². The van der Waals surface area contributed by atoms with Gasteiger partial charge in [0.2, 0.25) is 5.91 Å². The molecular weight excluding hydrogens is 378 g/mol. The Balaban J connectivity index is 1.39. The molecule has 2 aromatic rings. The smallest absolute Gasteiger partial charge is 0.248 e. The number of carbonyl (C=O) groups excluding carboxylic acids is 1. The maximum atomic E-state index is 13.3. The van der Waals surface area contributed by atoms with Gasteiger partial charge >= 0.3 is 0 Å². The highest BCUT2D eigenvalue weighted by atomic mass is 16.5. The van der Waals surface area contributed by atoms with Crippen LogP contribution in [0.4, 0.5) is 5.69 Å². The Morgan fingerprint density at radius 2 is 2.03 bits per heavy atom. The molecule has 1 fully saturated rings. The van der Waals surface area contributed by atoms with Gasteiger partial charge in [-0.2, -0.15) is 0 Å². The summed E-state index contributed by atoms with van der Waals surface area (Å²) in [5.41, 5.74) is 0.424. The van der Waals surface area contributed by atoms with E-state index in [0.717, 1.165) is 44.0 Å². The maximum Gasteiger partial charge on any atom is 0.248 e. The van der Waals surface area contributed by atoms with Crippen LogP contribution < -0.4 is 10.2 Å². The second-order valence-electron chi connectivity index (χ2n) is 8.58. The lowest BCUT2D eigenvalue weighted by Gasteiger charge is -2.36. The Morgan fingerprint density at radius 1 is 1.27 bits per heavy atom. The molecule has 0 bridgehead atoms. The molecule has 30 heavy (non-hydrogen) atoms. The molecule has 7 nitrogen and oxygen atoms in total. The average molecular weight is 412 g/mol. The normalized spacial score (nSPS) is 21.4. The van der Waals surface area contributed by atoms with Crippen molar-refractivity contribution in [3.63, 3.8) is 0 Å². The number of anilines is 1. The number of aromatic nitrogens is 3. The summed E-state index contributed by atoms with van der Waals surface area (Å²) in [5.74, 6) is 2.12. The fourth-order valence-corrected chi connectivity index (χ4v) is 4.75. The highest BCUT2D eigenvalue weighted by Gasteiger charge is 2.43. The lowest BCUT2D eigenvalue weighted by Crippen LogP contribution is -2.53. The van der Waals surface area contributed by atoms with Crippen LogP contribution in [0.15, 0.2) is 30.3 Å². The number of nitrogens with zero attached hydrogens (tertiary/aromatic N) is 4. The average Bonchev–Trinajstić information content (AvgIpc) is 3.45. The number of hydrogen-bond acceptors (Lipinski definition) is 5. The van der Waals surface area contributed by atoms with E-state index in [2.05, 4.69) is 56.2 Å². The molecule has 2 heterocycles. The highest BCUT2D eigenvalue weighted by Crippen LogP contribution is 2.37. The van der Waals surface area contributed by atoms with Crippen molar-refractivity contribution >= 4 is 11.6 Å². The van der Waals surface area contributed by atoms with E-state index < -0.39 is 5.54 Å². The van der Waals surface area contributed by atoms with Crippen molar-refractivity contribution in [2.75, 3.05) is 31.1 Å². The van der Waals surface area contributed by atoms with Gasteiger partial charge in [-0.1, -0.05) is 31.0 Å². The van der Waals surface area contributed by atoms with Crippen molar-refractivity contribution in [1.29, 1.82) is 0 Å². The van der Waals surface area contributed by atoms with Crippen LogP contribution >= 0.6 is 0 Å². The van der Waals surface area contributed by atoms with E-state index in [1.165, 1.54) is 18.5 Å². The predicted octanol–water partition coefficient (Wildman–Crippen LogP) is 3.21. The Bertz CT molecular complexity index is 847. The van der Waals surface area contributed by atoms with Gasteiger partial charge in [-0.3, -0.25) is 9.36 Å². The summed E-state index contributed by atoms with van der Waals surface area (Å²) < 4.78 is 7.81. The van der Waals surface area contributed by atoms with Crippen molar-refractivity contribution in [3.8, 4) is 0 Å². The molecule has 1 unspecified atom stereocenters. The Morgan fingerprint density at radius 3 is 2.77 bits per heavy atom. The first-order valence-corrected chi connectivity index (χ1v) is 11.2. The molecule has 0 radical (unpaired) electrons. The van der Waals surface area contributed by atoms with Crippen molar-refractivity contribution in [2.24, 2.45) is 0 Å². The molecule has 0 spiro atoms. The summed E-state index contributed by atoms with van der Waals surface area (Å²) in [6, 6.07) is 10.4. The first-order chi connectivity index (χ1) is 14.6. The fraction of sp³-hybridized carbons (Fsp3) is 0.609. The second kappa shape index (κ2) is 9.16. The van der Waals surface area contributed by atoms with Gasteiger partial charge in [0.25, 0.3) is 0 Å². The van der Waals surface area contributed by atoms with Gasteiger partial charge < -0.3 is 15.0 Å². The number of rotatable bonds is 8. The zero-order valence-corrected chi connectivity index (χ0v) is 18.1. The van der Waals surface area contributed by atoms with Crippen molar-refractivity contribution < 1.29 is 9.53 Å². The molecule has 1 aliphatic heterocycles. The van der Waals surface area contributed by atoms with Crippen molar-refractivity contribution in [3.05, 3.63) is 42.0 Å². The summed E-state index contributed by atoms with van der Waals surface area (Å²) in [6.45, 7) is 7.37. The number of nitrogens with one attached hydrogen (secondary N) is 1. The molecule has 1 amide bonds. The summed E-state index contributed by atoms with van der Waals surface area (Å²) in [6.07, 6.45) is 5.59. The zero-order valence-electron chi connectivity index (χ0n) is 18.1. The third-order valence-electron chi connectivity index (χ3n) is 6.47. The number of hydrogen-bond donors (Lipinski definition) is 1. The van der Waals surface area contributed by atoms with E-state index in [-0.39, 0.29) is 5.91 Å². The first-order valence-electron chi connectivity index (χ1n) is 11.2. The van der Waals surface area contributed by atoms with Gasteiger partial charge in [0.1, 0.15) is 18.0 Å². The summed E-state index contributed by atoms with van der Waals surface area (Å²) in [4.78, 5) is 15.6. The van der Waals surface area contributed by atoms with Crippen LogP contribution in [0.5, 0.6) is 0 Å². The quantitative estimate of drug-likeness (QED) is 0.676. The molecule has 1 aliphatic carbocycles. The number of ether oxygens (including phenoxy) is 1. The van der Waals surface area contributed by atoms with Crippen LogP contribution in [0, 0.1) is 0 Å². The number of fused-ring (bicyclic) bond motifs is 1. The molecule has 0 saturated heterocycles. The fourth-order valence-electron chi connectivity index (χ4n) is 4.75. The third kappa shape index (κ3) is 4.08. The minimum atomic E-state index is -0.793. The van der Waals surface area contributed by atoms with Gasteiger partial charge in [-0.05, 0) is 45.2 Å². The molecule has 4 rings (SSSR count). The summed E-state index contributed by atoms with van der Waals surface area (Å²) >= 11 is 0. The molecular formula is C23H33N5O2. The molecule has 2 aliphatic rings. The van der Waals surface area contributed by atoms with Crippen molar-refractivity contribution in [2.45, 2.75) is 64.0 Å². The molecule has 1 aromatic carbocycles.